The van der Waals surface area contributed by atoms with Crippen molar-refractivity contribution in [1.29, 1.82) is 0 Å². The number of nitrogens with one attached hydrogen (secondary N) is 1. The minimum absolute atomic E-state index is 0.321. The van der Waals surface area contributed by atoms with Crippen molar-refractivity contribution in [3.63, 3.8) is 0 Å². The Morgan fingerprint density at radius 1 is 1.12 bits per heavy atom. The van der Waals surface area contributed by atoms with Crippen molar-refractivity contribution in [1.82, 2.24) is 5.32 Å². The van der Waals surface area contributed by atoms with E-state index in [1.807, 2.05) is 0 Å². The molecule has 0 saturated heterocycles. The van der Waals surface area contributed by atoms with Crippen LogP contribution in [0.1, 0.15) is 24.8 Å². The van der Waals surface area contributed by atoms with Gasteiger partial charge < -0.3 is 25.7 Å². The van der Waals surface area contributed by atoms with Crippen LogP contribution in [-0.4, -0.2) is 32.6 Å². The van der Waals surface area contributed by atoms with Crippen molar-refractivity contribution in [3.05, 3.63) is 17.7 Å². The first-order valence-corrected chi connectivity index (χ1v) is 5.68. The summed E-state index contributed by atoms with van der Waals surface area (Å²) in [5, 5.41) is 40.9. The van der Waals surface area contributed by atoms with E-state index in [0.29, 0.717) is 18.7 Å². The minimum Gasteiger partial charge on any atom is -0.504 e. The molecule has 5 N–H and O–H groups in total. The van der Waals surface area contributed by atoms with Crippen LogP contribution in [0.15, 0.2) is 12.1 Å². The lowest BCUT2D eigenvalue weighted by molar-refractivity contribution is -0.0315. The summed E-state index contributed by atoms with van der Waals surface area (Å²) in [4.78, 5) is 0. The quantitative estimate of drug-likeness (QED) is 0.501. The smallest absolute Gasteiger partial charge is 0.200 e. The SMILES string of the molecule is Oc1ccc(CNCC2(O)CCC2)c(O)c1O. The molecule has 0 heterocycles. The van der Waals surface area contributed by atoms with Gasteiger partial charge in [-0.25, -0.2) is 0 Å². The molecule has 2 rings (SSSR count). The summed E-state index contributed by atoms with van der Waals surface area (Å²) in [6.07, 6.45) is 2.64. The highest BCUT2D eigenvalue weighted by molar-refractivity contribution is 5.52. The Bertz CT molecular complexity index is 415. The van der Waals surface area contributed by atoms with Crippen molar-refractivity contribution in [3.8, 4) is 17.2 Å². The molecule has 1 aliphatic rings. The van der Waals surface area contributed by atoms with Gasteiger partial charge in [-0.05, 0) is 25.3 Å². The Labute approximate surface area is 99.3 Å². The number of hydrogen-bond acceptors (Lipinski definition) is 5. The third-order valence-corrected chi connectivity index (χ3v) is 3.27. The molecule has 5 heteroatoms. The maximum Gasteiger partial charge on any atom is 0.200 e. The molecule has 0 amide bonds. The predicted octanol–water partition coefficient (Wildman–Crippen LogP) is 0.808. The van der Waals surface area contributed by atoms with Gasteiger partial charge >= 0.3 is 0 Å². The van der Waals surface area contributed by atoms with Gasteiger partial charge in [0.1, 0.15) is 0 Å². The topological polar surface area (TPSA) is 93.0 Å². The van der Waals surface area contributed by atoms with Gasteiger partial charge in [0.2, 0.25) is 5.75 Å². The Kier molecular flexibility index (Phi) is 3.13. The van der Waals surface area contributed by atoms with Crippen LogP contribution < -0.4 is 5.32 Å². The average molecular weight is 239 g/mol. The fourth-order valence-corrected chi connectivity index (χ4v) is 1.94. The minimum atomic E-state index is -0.616. The molecule has 1 aromatic rings. The van der Waals surface area contributed by atoms with Crippen LogP contribution in [0.5, 0.6) is 17.2 Å². The monoisotopic (exact) mass is 239 g/mol. The molecule has 0 radical (unpaired) electrons. The number of aliphatic hydroxyl groups is 1. The number of rotatable bonds is 4. The first kappa shape index (κ1) is 12.0. The first-order valence-electron chi connectivity index (χ1n) is 5.68. The van der Waals surface area contributed by atoms with E-state index in [1.165, 1.54) is 12.1 Å². The Balaban J connectivity index is 1.93. The second-order valence-corrected chi connectivity index (χ2v) is 4.62. The molecule has 17 heavy (non-hydrogen) atoms. The van der Waals surface area contributed by atoms with Crippen molar-refractivity contribution in [2.45, 2.75) is 31.4 Å². The number of phenols is 3. The molecule has 0 aliphatic heterocycles. The molecule has 1 aliphatic carbocycles. The van der Waals surface area contributed by atoms with E-state index in [2.05, 4.69) is 5.32 Å². The standard InChI is InChI=1S/C12H17NO4/c14-9-3-2-8(10(15)11(9)16)6-13-7-12(17)4-1-5-12/h2-3,13-17H,1,4-7H2. The third-order valence-electron chi connectivity index (χ3n) is 3.27. The van der Waals surface area contributed by atoms with Crippen LogP contribution in [0.25, 0.3) is 0 Å². The zero-order valence-electron chi connectivity index (χ0n) is 9.48. The van der Waals surface area contributed by atoms with Crippen LogP contribution >= 0.6 is 0 Å². The molecule has 0 aromatic heterocycles. The fraction of sp³-hybridized carbons (Fsp3) is 0.500. The molecule has 0 spiro atoms. The molecule has 1 saturated carbocycles. The van der Waals surface area contributed by atoms with E-state index in [9.17, 15) is 15.3 Å². The van der Waals surface area contributed by atoms with Gasteiger partial charge in [0.25, 0.3) is 0 Å². The van der Waals surface area contributed by atoms with Crippen LogP contribution in [0.4, 0.5) is 0 Å². The van der Waals surface area contributed by atoms with Gasteiger partial charge in [0.05, 0.1) is 5.60 Å². The van der Waals surface area contributed by atoms with Crippen LogP contribution in [0, 0.1) is 0 Å². The molecule has 1 fully saturated rings. The van der Waals surface area contributed by atoms with E-state index in [1.54, 1.807) is 0 Å². The maximum absolute atomic E-state index is 9.84. The maximum atomic E-state index is 9.84. The van der Waals surface area contributed by atoms with Crippen molar-refractivity contribution >= 4 is 0 Å². The summed E-state index contributed by atoms with van der Waals surface area (Å²) < 4.78 is 0. The first-order chi connectivity index (χ1) is 8.02. The summed E-state index contributed by atoms with van der Waals surface area (Å²) in [6, 6.07) is 2.85. The molecule has 0 unspecified atom stereocenters. The molecular formula is C12H17NO4. The van der Waals surface area contributed by atoms with E-state index in [4.69, 9.17) is 5.11 Å². The van der Waals surface area contributed by atoms with E-state index >= 15 is 0 Å². The zero-order chi connectivity index (χ0) is 12.5. The molecule has 1 aromatic carbocycles. The highest BCUT2D eigenvalue weighted by atomic mass is 16.3. The number of phenolic OH excluding ortho intramolecular Hbond substituents is 3. The van der Waals surface area contributed by atoms with Gasteiger partial charge in [0.15, 0.2) is 11.5 Å². The summed E-state index contributed by atoms with van der Waals surface area (Å²) >= 11 is 0. The normalized spacial score (nSPS) is 17.7. The predicted molar refractivity (Wildman–Crippen MR) is 61.9 cm³/mol. The van der Waals surface area contributed by atoms with Crippen LogP contribution in [0.3, 0.4) is 0 Å². The number of aromatic hydroxyl groups is 3. The summed E-state index contributed by atoms with van der Waals surface area (Å²) in [5.74, 6) is -1.17. The average Bonchev–Trinajstić information content (AvgIpc) is 2.27. The molecule has 94 valence electrons. The molecule has 5 nitrogen and oxygen atoms in total. The van der Waals surface area contributed by atoms with Crippen molar-refractivity contribution < 1.29 is 20.4 Å². The van der Waals surface area contributed by atoms with E-state index in [0.717, 1.165) is 19.3 Å². The zero-order valence-corrected chi connectivity index (χ0v) is 9.48. The Hall–Kier alpha value is -1.46. The summed E-state index contributed by atoms with van der Waals surface area (Å²) in [7, 11) is 0. The summed E-state index contributed by atoms with van der Waals surface area (Å²) in [5.41, 5.74) is -0.127. The third kappa shape index (κ3) is 2.45. The Morgan fingerprint density at radius 3 is 2.41 bits per heavy atom. The number of hydrogen-bond donors (Lipinski definition) is 5. The number of benzene rings is 1. The van der Waals surface area contributed by atoms with Crippen LogP contribution in [-0.2, 0) is 6.54 Å². The second-order valence-electron chi connectivity index (χ2n) is 4.62. The van der Waals surface area contributed by atoms with Gasteiger partial charge in [-0.2, -0.15) is 0 Å². The molecule has 0 atom stereocenters. The lowest BCUT2D eigenvalue weighted by atomic mass is 9.80. The van der Waals surface area contributed by atoms with Gasteiger partial charge in [-0.15, -0.1) is 0 Å². The van der Waals surface area contributed by atoms with Gasteiger partial charge in [-0.3, -0.25) is 0 Å². The molecular weight excluding hydrogens is 222 g/mol. The van der Waals surface area contributed by atoms with E-state index < -0.39 is 11.4 Å². The van der Waals surface area contributed by atoms with Crippen molar-refractivity contribution in [2.75, 3.05) is 6.54 Å². The molecule has 0 bridgehead atoms. The fourth-order valence-electron chi connectivity index (χ4n) is 1.94. The second kappa shape index (κ2) is 4.43. The highest BCUT2D eigenvalue weighted by Crippen LogP contribution is 2.37. The lowest BCUT2D eigenvalue weighted by Gasteiger charge is -2.36. The van der Waals surface area contributed by atoms with E-state index in [-0.39, 0.29) is 11.5 Å². The van der Waals surface area contributed by atoms with Gasteiger partial charge in [0, 0.05) is 18.7 Å². The highest BCUT2D eigenvalue weighted by Gasteiger charge is 2.33. The van der Waals surface area contributed by atoms with Gasteiger partial charge in [-0.1, -0.05) is 6.07 Å². The lowest BCUT2D eigenvalue weighted by Crippen LogP contribution is -2.45. The van der Waals surface area contributed by atoms with Crippen molar-refractivity contribution in [2.24, 2.45) is 0 Å². The Morgan fingerprint density at radius 2 is 1.82 bits per heavy atom. The summed E-state index contributed by atoms with van der Waals surface area (Å²) in [6.45, 7) is 0.802. The largest absolute Gasteiger partial charge is 0.504 e. The van der Waals surface area contributed by atoms with Crippen LogP contribution in [0.2, 0.25) is 0 Å².